The van der Waals surface area contributed by atoms with Gasteiger partial charge in [-0.15, -0.1) is 0 Å². The van der Waals surface area contributed by atoms with Crippen LogP contribution in [-0.2, 0) is 6.54 Å². The molecule has 108 valence electrons. The second-order valence-corrected chi connectivity index (χ2v) is 5.70. The minimum atomic E-state index is -0.166. The van der Waals surface area contributed by atoms with Crippen LogP contribution in [-0.4, -0.2) is 19.6 Å². The predicted molar refractivity (Wildman–Crippen MR) is 81.1 cm³/mol. The fourth-order valence-corrected chi connectivity index (χ4v) is 2.08. The summed E-state index contributed by atoms with van der Waals surface area (Å²) in [5, 5.41) is 3.36. The fourth-order valence-electron chi connectivity index (χ4n) is 2.08. The summed E-state index contributed by atoms with van der Waals surface area (Å²) in [4.78, 5) is 2.23. The highest BCUT2D eigenvalue weighted by atomic mass is 19.1. The molecule has 3 heteroatoms. The van der Waals surface area contributed by atoms with Crippen molar-refractivity contribution in [3.63, 3.8) is 0 Å². The zero-order chi connectivity index (χ0) is 14.4. The lowest BCUT2D eigenvalue weighted by atomic mass is 10.1. The molecule has 0 radical (unpaired) electrons. The van der Waals surface area contributed by atoms with Crippen LogP contribution in [0, 0.1) is 11.7 Å². The van der Waals surface area contributed by atoms with Crippen molar-refractivity contribution in [3.05, 3.63) is 29.6 Å². The molecular formula is C16H27FN2. The lowest BCUT2D eigenvalue weighted by molar-refractivity contribution is 0.554. The number of benzene rings is 1. The summed E-state index contributed by atoms with van der Waals surface area (Å²) >= 11 is 0. The van der Waals surface area contributed by atoms with Gasteiger partial charge in [0.25, 0.3) is 0 Å². The third kappa shape index (κ3) is 5.19. The number of nitrogens with one attached hydrogen (secondary N) is 1. The average Bonchev–Trinajstić information content (AvgIpc) is 2.36. The Morgan fingerprint density at radius 2 is 1.95 bits per heavy atom. The molecule has 0 saturated carbocycles. The van der Waals surface area contributed by atoms with Gasteiger partial charge < -0.3 is 10.2 Å². The predicted octanol–water partition coefficient (Wildman–Crippen LogP) is 3.81. The van der Waals surface area contributed by atoms with E-state index in [2.05, 4.69) is 45.0 Å². The Kier molecular flexibility index (Phi) is 6.29. The van der Waals surface area contributed by atoms with Crippen molar-refractivity contribution in [2.45, 2.75) is 46.7 Å². The number of hydrogen-bond acceptors (Lipinski definition) is 2. The van der Waals surface area contributed by atoms with Crippen molar-refractivity contribution in [1.29, 1.82) is 0 Å². The summed E-state index contributed by atoms with van der Waals surface area (Å²) in [5.41, 5.74) is 2.15. The van der Waals surface area contributed by atoms with Gasteiger partial charge in [0.15, 0.2) is 0 Å². The first-order valence-corrected chi connectivity index (χ1v) is 7.17. The van der Waals surface area contributed by atoms with E-state index in [-0.39, 0.29) is 5.82 Å². The van der Waals surface area contributed by atoms with Crippen molar-refractivity contribution in [3.8, 4) is 0 Å². The van der Waals surface area contributed by atoms with Crippen LogP contribution in [0.3, 0.4) is 0 Å². The Bertz CT molecular complexity index is 390. The van der Waals surface area contributed by atoms with Gasteiger partial charge >= 0.3 is 0 Å². The van der Waals surface area contributed by atoms with Crippen LogP contribution in [0.5, 0.6) is 0 Å². The topological polar surface area (TPSA) is 15.3 Å². The van der Waals surface area contributed by atoms with Gasteiger partial charge in [-0.1, -0.05) is 34.1 Å². The molecule has 0 aliphatic rings. The molecule has 1 unspecified atom stereocenters. The maximum Gasteiger partial charge on any atom is 0.123 e. The summed E-state index contributed by atoms with van der Waals surface area (Å²) in [7, 11) is 2.08. The molecular weight excluding hydrogens is 239 g/mol. The largest absolute Gasteiger partial charge is 0.374 e. The van der Waals surface area contributed by atoms with Crippen molar-refractivity contribution in [2.24, 2.45) is 5.92 Å². The molecule has 0 saturated heterocycles. The molecule has 0 spiro atoms. The van der Waals surface area contributed by atoms with Crippen molar-refractivity contribution >= 4 is 5.69 Å². The highest BCUT2D eigenvalue weighted by Gasteiger charge is 2.11. The molecule has 1 aromatic rings. The van der Waals surface area contributed by atoms with Crippen molar-refractivity contribution < 1.29 is 4.39 Å². The Morgan fingerprint density at radius 3 is 2.53 bits per heavy atom. The molecule has 1 N–H and O–H groups in total. The highest BCUT2D eigenvalue weighted by Crippen LogP contribution is 2.22. The molecule has 0 aliphatic carbocycles. The maximum atomic E-state index is 13.4. The van der Waals surface area contributed by atoms with Gasteiger partial charge in [0.1, 0.15) is 5.82 Å². The molecule has 0 bridgehead atoms. The van der Waals surface area contributed by atoms with Gasteiger partial charge in [-0.25, -0.2) is 4.39 Å². The summed E-state index contributed by atoms with van der Waals surface area (Å²) in [6, 6.07) is 5.46. The number of nitrogens with zero attached hydrogens (tertiary/aromatic N) is 1. The van der Waals surface area contributed by atoms with E-state index in [1.165, 1.54) is 0 Å². The first-order chi connectivity index (χ1) is 8.93. The van der Waals surface area contributed by atoms with E-state index < -0.39 is 0 Å². The lowest BCUT2D eigenvalue weighted by Gasteiger charge is -2.26. The SMILES string of the molecule is CCC(C)CN(C)c1ccc(F)cc1CNC(C)C. The van der Waals surface area contributed by atoms with Gasteiger partial charge in [0.05, 0.1) is 0 Å². The number of anilines is 1. The maximum absolute atomic E-state index is 13.4. The molecule has 0 aliphatic heterocycles. The minimum Gasteiger partial charge on any atom is -0.374 e. The van der Waals surface area contributed by atoms with Crippen molar-refractivity contribution in [2.75, 3.05) is 18.5 Å². The minimum absolute atomic E-state index is 0.166. The van der Waals surface area contributed by atoms with Gasteiger partial charge in [-0.3, -0.25) is 0 Å². The zero-order valence-electron chi connectivity index (χ0n) is 12.8. The zero-order valence-corrected chi connectivity index (χ0v) is 12.8. The van der Waals surface area contributed by atoms with E-state index in [0.717, 1.165) is 24.2 Å². The normalized spacial score (nSPS) is 12.8. The molecule has 0 aromatic heterocycles. The monoisotopic (exact) mass is 266 g/mol. The molecule has 0 heterocycles. The summed E-state index contributed by atoms with van der Waals surface area (Å²) < 4.78 is 13.4. The van der Waals surface area contributed by atoms with E-state index in [0.29, 0.717) is 18.5 Å². The van der Waals surface area contributed by atoms with Crippen LogP contribution in [0.1, 0.15) is 39.7 Å². The van der Waals surface area contributed by atoms with Gasteiger partial charge in [-0.05, 0) is 29.7 Å². The third-order valence-electron chi connectivity index (χ3n) is 3.44. The molecule has 2 nitrogen and oxygen atoms in total. The second-order valence-electron chi connectivity index (χ2n) is 5.70. The Morgan fingerprint density at radius 1 is 1.26 bits per heavy atom. The van der Waals surface area contributed by atoms with Crippen LogP contribution in [0.2, 0.25) is 0 Å². The van der Waals surface area contributed by atoms with Crippen LogP contribution in [0.15, 0.2) is 18.2 Å². The van der Waals surface area contributed by atoms with E-state index in [4.69, 9.17) is 0 Å². The van der Waals surface area contributed by atoms with E-state index in [1.807, 2.05) is 6.07 Å². The van der Waals surface area contributed by atoms with E-state index in [9.17, 15) is 4.39 Å². The van der Waals surface area contributed by atoms with Crippen LogP contribution >= 0.6 is 0 Å². The summed E-state index contributed by atoms with van der Waals surface area (Å²) in [6.07, 6.45) is 1.16. The van der Waals surface area contributed by atoms with E-state index >= 15 is 0 Å². The Hall–Kier alpha value is -1.09. The molecule has 19 heavy (non-hydrogen) atoms. The number of halogens is 1. The smallest absolute Gasteiger partial charge is 0.123 e. The van der Waals surface area contributed by atoms with E-state index in [1.54, 1.807) is 12.1 Å². The van der Waals surface area contributed by atoms with Gasteiger partial charge in [0.2, 0.25) is 0 Å². The fraction of sp³-hybridized carbons (Fsp3) is 0.625. The summed E-state index contributed by atoms with van der Waals surface area (Å²) in [5.74, 6) is 0.474. The summed E-state index contributed by atoms with van der Waals surface area (Å²) in [6.45, 7) is 10.3. The highest BCUT2D eigenvalue weighted by molar-refractivity contribution is 5.53. The van der Waals surface area contributed by atoms with Crippen molar-refractivity contribution in [1.82, 2.24) is 5.32 Å². The third-order valence-corrected chi connectivity index (χ3v) is 3.44. The standard InChI is InChI=1S/C16H27FN2/c1-6-13(4)11-19(5)16-8-7-15(17)9-14(16)10-18-12(2)3/h7-9,12-13,18H,6,10-11H2,1-5H3. The van der Waals surface area contributed by atoms with Crippen LogP contribution in [0.25, 0.3) is 0 Å². The van der Waals surface area contributed by atoms with Gasteiger partial charge in [-0.2, -0.15) is 0 Å². The second kappa shape index (κ2) is 7.49. The molecule has 1 rings (SSSR count). The molecule has 0 fully saturated rings. The molecule has 1 aromatic carbocycles. The van der Waals surface area contributed by atoms with Crippen LogP contribution < -0.4 is 10.2 Å². The lowest BCUT2D eigenvalue weighted by Crippen LogP contribution is -2.27. The average molecular weight is 266 g/mol. The van der Waals surface area contributed by atoms with Gasteiger partial charge in [0, 0.05) is 31.9 Å². The Labute approximate surface area is 117 Å². The van der Waals surface area contributed by atoms with Crippen LogP contribution in [0.4, 0.5) is 10.1 Å². The molecule has 1 atom stereocenters. The number of hydrogen-bond donors (Lipinski definition) is 1. The first kappa shape index (κ1) is 16.0. The first-order valence-electron chi connectivity index (χ1n) is 7.17. The number of rotatable bonds is 7. The Balaban J connectivity index is 2.85. The quantitative estimate of drug-likeness (QED) is 0.807. The molecule has 0 amide bonds.